The molecular formula is C11H16N2O. The van der Waals surface area contributed by atoms with E-state index in [-0.39, 0.29) is 0 Å². The molecule has 1 aromatic rings. The Bertz CT molecular complexity index is 270. The van der Waals surface area contributed by atoms with E-state index in [2.05, 4.69) is 10.2 Å². The highest BCUT2D eigenvalue weighted by Gasteiger charge is 2.18. The lowest BCUT2D eigenvalue weighted by molar-refractivity contribution is -0.00545. The van der Waals surface area contributed by atoms with E-state index in [4.69, 9.17) is 0 Å². The van der Waals surface area contributed by atoms with Gasteiger partial charge in [-0.1, -0.05) is 30.3 Å². The summed E-state index contributed by atoms with van der Waals surface area (Å²) >= 11 is 0. The van der Waals surface area contributed by atoms with E-state index in [1.165, 1.54) is 0 Å². The van der Waals surface area contributed by atoms with E-state index in [1.54, 1.807) is 0 Å². The number of rotatable bonds is 2. The first-order chi connectivity index (χ1) is 6.88. The minimum absolute atomic E-state index is 0.446. The molecule has 0 spiro atoms. The minimum Gasteiger partial charge on any atom is -0.374 e. The fourth-order valence-electron chi connectivity index (χ4n) is 1.76. The number of hydrogen-bond donors (Lipinski definition) is 2. The third-order valence-corrected chi connectivity index (χ3v) is 2.60. The summed E-state index contributed by atoms with van der Waals surface area (Å²) in [5.41, 5.74) is 0.981. The van der Waals surface area contributed by atoms with Crippen molar-refractivity contribution in [2.75, 3.05) is 26.2 Å². The average molecular weight is 192 g/mol. The number of aliphatic hydroxyl groups is 1. The van der Waals surface area contributed by atoms with Crippen LogP contribution in [0, 0.1) is 0 Å². The fraction of sp³-hybridized carbons (Fsp3) is 0.455. The number of piperazine rings is 1. The van der Waals surface area contributed by atoms with E-state index in [9.17, 15) is 5.11 Å². The van der Waals surface area contributed by atoms with Crippen molar-refractivity contribution in [2.45, 2.75) is 6.23 Å². The Morgan fingerprint density at radius 2 is 1.79 bits per heavy atom. The lowest BCUT2D eigenvalue weighted by Crippen LogP contribution is -2.45. The van der Waals surface area contributed by atoms with Crippen LogP contribution in [0.15, 0.2) is 30.3 Å². The predicted octanol–water partition coefficient (Wildman–Crippen LogP) is 0.583. The highest BCUT2D eigenvalue weighted by atomic mass is 16.3. The number of nitrogens with zero attached hydrogens (tertiary/aromatic N) is 1. The SMILES string of the molecule is OC(c1ccccc1)N1CCNCC1. The molecule has 2 N–H and O–H groups in total. The molecule has 3 heteroatoms. The van der Waals surface area contributed by atoms with Gasteiger partial charge in [-0.2, -0.15) is 0 Å². The predicted molar refractivity (Wildman–Crippen MR) is 55.8 cm³/mol. The molecule has 1 aromatic carbocycles. The van der Waals surface area contributed by atoms with Crippen LogP contribution < -0.4 is 5.32 Å². The van der Waals surface area contributed by atoms with E-state index in [0.29, 0.717) is 0 Å². The van der Waals surface area contributed by atoms with E-state index < -0.39 is 6.23 Å². The Labute approximate surface area is 84.4 Å². The summed E-state index contributed by atoms with van der Waals surface area (Å²) in [5.74, 6) is 0. The van der Waals surface area contributed by atoms with Gasteiger partial charge in [-0.25, -0.2) is 0 Å². The molecule has 1 atom stereocenters. The van der Waals surface area contributed by atoms with Crippen molar-refractivity contribution in [3.05, 3.63) is 35.9 Å². The highest BCUT2D eigenvalue weighted by Crippen LogP contribution is 2.17. The van der Waals surface area contributed by atoms with Crippen LogP contribution in [0.3, 0.4) is 0 Å². The second-order valence-corrected chi connectivity index (χ2v) is 3.57. The molecule has 1 fully saturated rings. The van der Waals surface area contributed by atoms with Gasteiger partial charge >= 0.3 is 0 Å². The first kappa shape index (κ1) is 9.65. The Hall–Kier alpha value is -0.900. The normalized spacial score (nSPS) is 20.6. The van der Waals surface area contributed by atoms with E-state index in [0.717, 1.165) is 31.7 Å². The first-order valence-corrected chi connectivity index (χ1v) is 5.06. The number of hydrogen-bond acceptors (Lipinski definition) is 3. The Morgan fingerprint density at radius 3 is 2.43 bits per heavy atom. The molecule has 0 bridgehead atoms. The van der Waals surface area contributed by atoms with Gasteiger partial charge in [0, 0.05) is 26.2 Å². The van der Waals surface area contributed by atoms with Crippen LogP contribution in [0.5, 0.6) is 0 Å². The molecule has 1 unspecified atom stereocenters. The summed E-state index contributed by atoms with van der Waals surface area (Å²) in [4.78, 5) is 2.09. The molecule has 1 aliphatic heterocycles. The van der Waals surface area contributed by atoms with E-state index in [1.807, 2.05) is 30.3 Å². The standard InChI is InChI=1S/C11H16N2O/c14-11(10-4-2-1-3-5-10)13-8-6-12-7-9-13/h1-5,11-12,14H,6-9H2. The van der Waals surface area contributed by atoms with Gasteiger partial charge in [0.05, 0.1) is 0 Å². The van der Waals surface area contributed by atoms with Crippen LogP contribution in [0.1, 0.15) is 11.8 Å². The summed E-state index contributed by atoms with van der Waals surface area (Å²) in [7, 11) is 0. The molecule has 1 saturated heterocycles. The van der Waals surface area contributed by atoms with Crippen LogP contribution in [0.2, 0.25) is 0 Å². The van der Waals surface area contributed by atoms with Crippen LogP contribution in [-0.4, -0.2) is 36.2 Å². The third kappa shape index (κ3) is 2.12. The molecule has 0 amide bonds. The van der Waals surface area contributed by atoms with Crippen molar-refractivity contribution < 1.29 is 5.11 Å². The smallest absolute Gasteiger partial charge is 0.133 e. The summed E-state index contributed by atoms with van der Waals surface area (Å²) in [6.07, 6.45) is -0.446. The molecule has 3 nitrogen and oxygen atoms in total. The molecule has 1 heterocycles. The lowest BCUT2D eigenvalue weighted by Gasteiger charge is -2.31. The molecule has 0 radical (unpaired) electrons. The Morgan fingerprint density at radius 1 is 1.14 bits per heavy atom. The van der Waals surface area contributed by atoms with Crippen molar-refractivity contribution in [3.63, 3.8) is 0 Å². The summed E-state index contributed by atoms with van der Waals surface area (Å²) in [6, 6.07) is 9.81. The van der Waals surface area contributed by atoms with E-state index >= 15 is 0 Å². The van der Waals surface area contributed by atoms with Crippen LogP contribution in [0.4, 0.5) is 0 Å². The monoisotopic (exact) mass is 192 g/mol. The Kier molecular flexibility index (Phi) is 3.14. The van der Waals surface area contributed by atoms with Gasteiger partial charge in [0.25, 0.3) is 0 Å². The molecule has 2 rings (SSSR count). The van der Waals surface area contributed by atoms with Crippen LogP contribution in [0.25, 0.3) is 0 Å². The summed E-state index contributed by atoms with van der Waals surface area (Å²) < 4.78 is 0. The van der Waals surface area contributed by atoms with Crippen molar-refractivity contribution in [3.8, 4) is 0 Å². The fourth-order valence-corrected chi connectivity index (χ4v) is 1.76. The van der Waals surface area contributed by atoms with Gasteiger partial charge in [0.2, 0.25) is 0 Å². The van der Waals surface area contributed by atoms with Crippen molar-refractivity contribution in [1.82, 2.24) is 10.2 Å². The topological polar surface area (TPSA) is 35.5 Å². The quantitative estimate of drug-likeness (QED) is 0.719. The van der Waals surface area contributed by atoms with Gasteiger partial charge in [-0.05, 0) is 5.56 Å². The van der Waals surface area contributed by atoms with Gasteiger partial charge in [0.15, 0.2) is 0 Å². The maximum atomic E-state index is 10.0. The zero-order valence-electron chi connectivity index (χ0n) is 8.19. The summed E-state index contributed by atoms with van der Waals surface area (Å²) in [5, 5.41) is 13.3. The van der Waals surface area contributed by atoms with Gasteiger partial charge < -0.3 is 10.4 Å². The molecule has 14 heavy (non-hydrogen) atoms. The number of benzene rings is 1. The van der Waals surface area contributed by atoms with Crippen LogP contribution in [-0.2, 0) is 0 Å². The largest absolute Gasteiger partial charge is 0.374 e. The van der Waals surface area contributed by atoms with Gasteiger partial charge in [0.1, 0.15) is 6.23 Å². The molecule has 0 saturated carbocycles. The van der Waals surface area contributed by atoms with Crippen molar-refractivity contribution in [1.29, 1.82) is 0 Å². The van der Waals surface area contributed by atoms with Crippen LogP contribution >= 0.6 is 0 Å². The molecule has 76 valence electrons. The van der Waals surface area contributed by atoms with Gasteiger partial charge in [-0.15, -0.1) is 0 Å². The zero-order chi connectivity index (χ0) is 9.80. The zero-order valence-corrected chi connectivity index (χ0v) is 8.19. The maximum Gasteiger partial charge on any atom is 0.133 e. The molecular weight excluding hydrogens is 176 g/mol. The maximum absolute atomic E-state index is 10.0. The average Bonchev–Trinajstić information content (AvgIpc) is 2.30. The highest BCUT2D eigenvalue weighted by molar-refractivity contribution is 5.16. The lowest BCUT2D eigenvalue weighted by atomic mass is 10.1. The van der Waals surface area contributed by atoms with Gasteiger partial charge in [-0.3, -0.25) is 4.90 Å². The molecule has 1 aliphatic rings. The first-order valence-electron chi connectivity index (χ1n) is 5.06. The third-order valence-electron chi connectivity index (χ3n) is 2.60. The summed E-state index contributed by atoms with van der Waals surface area (Å²) in [6.45, 7) is 3.75. The minimum atomic E-state index is -0.446. The number of aliphatic hydroxyl groups excluding tert-OH is 1. The second-order valence-electron chi connectivity index (χ2n) is 3.57. The second kappa shape index (κ2) is 4.55. The molecule has 0 aromatic heterocycles. The van der Waals surface area contributed by atoms with Crippen molar-refractivity contribution in [2.24, 2.45) is 0 Å². The van der Waals surface area contributed by atoms with Crippen molar-refractivity contribution >= 4 is 0 Å². The number of nitrogens with one attached hydrogen (secondary N) is 1. The Balaban J connectivity index is 2.03. The molecule has 0 aliphatic carbocycles.